The minimum atomic E-state index is 0. The number of rotatable bonds is 4. The Labute approximate surface area is 108 Å². The molecule has 5 heteroatoms. The number of ether oxygens (including phenoxy) is 1. The highest BCUT2D eigenvalue weighted by Gasteiger charge is 2.04. The zero-order valence-electron chi connectivity index (χ0n) is 8.20. The Morgan fingerprint density at radius 2 is 1.42 bits per heavy atom. The van der Waals surface area contributed by atoms with Crippen LogP contribution in [0.4, 0.5) is 0 Å². The molecule has 2 nitrogen and oxygen atoms in total. The maximum atomic E-state index is 5.19. The molecule has 0 N–H and O–H groups in total. The van der Waals surface area contributed by atoms with Gasteiger partial charge in [-0.2, -0.15) is 0 Å². The summed E-state index contributed by atoms with van der Waals surface area (Å²) < 4.78 is 6.18. The quantitative estimate of drug-likeness (QED) is 0.542. The van der Waals surface area contributed by atoms with E-state index in [4.69, 9.17) is 4.74 Å². The second-order valence-electron chi connectivity index (χ2n) is 3.21. The maximum Gasteiger partial charge on any atom is 0.102 e. The van der Waals surface area contributed by atoms with Crippen LogP contribution in [0.3, 0.4) is 0 Å². The van der Waals surface area contributed by atoms with Crippen molar-refractivity contribution in [3.63, 3.8) is 0 Å². The molecule has 80 valence electrons. The van der Waals surface area contributed by atoms with Crippen molar-refractivity contribution in [2.75, 3.05) is 40.9 Å². The van der Waals surface area contributed by atoms with Crippen LogP contribution in [0.15, 0.2) is 0 Å². The Balaban J connectivity index is -0.000000107. The first kappa shape index (κ1) is 23.3. The number of hydrogen-bond donors (Lipinski definition) is 0. The zero-order valence-corrected chi connectivity index (χ0v) is 13.3. The molecule has 0 radical (unpaired) electrons. The molecular formula is C7H21Br3NO+. The van der Waals surface area contributed by atoms with E-state index in [-0.39, 0.29) is 50.9 Å². The molecule has 0 aromatic heterocycles. The molecule has 0 atom stereocenters. The van der Waals surface area contributed by atoms with Crippen LogP contribution in [0.1, 0.15) is 6.92 Å². The van der Waals surface area contributed by atoms with E-state index in [9.17, 15) is 0 Å². The molecule has 0 aliphatic heterocycles. The first-order chi connectivity index (χ1) is 4.06. The van der Waals surface area contributed by atoms with Gasteiger partial charge in [0, 0.05) is 6.61 Å². The fourth-order valence-electron chi connectivity index (χ4n) is 0.483. The van der Waals surface area contributed by atoms with E-state index in [2.05, 4.69) is 21.1 Å². The molecule has 0 aliphatic carbocycles. The van der Waals surface area contributed by atoms with Gasteiger partial charge in [-0.3, -0.25) is 0 Å². The van der Waals surface area contributed by atoms with Crippen LogP contribution < -0.4 is 0 Å². The lowest BCUT2D eigenvalue weighted by Crippen LogP contribution is -2.37. The van der Waals surface area contributed by atoms with Crippen LogP contribution in [0.5, 0.6) is 0 Å². The molecule has 0 aromatic carbocycles. The Hall–Kier alpha value is 1.36. The molecule has 0 saturated heterocycles. The SMILES string of the molecule is Br.Br.Br.CCOCC[N+](C)(C)C. The minimum Gasteiger partial charge on any atom is -0.376 e. The molecule has 0 unspecified atom stereocenters. The first-order valence-electron chi connectivity index (χ1n) is 3.44. The van der Waals surface area contributed by atoms with Crippen molar-refractivity contribution in [2.45, 2.75) is 6.92 Å². The average Bonchev–Trinajstić information content (AvgIpc) is 1.63. The topological polar surface area (TPSA) is 9.23 Å². The summed E-state index contributed by atoms with van der Waals surface area (Å²) in [5.41, 5.74) is 0. The van der Waals surface area contributed by atoms with E-state index >= 15 is 0 Å². The molecule has 12 heavy (non-hydrogen) atoms. The Bertz CT molecular complexity index is 75.5. The first-order valence-corrected chi connectivity index (χ1v) is 3.44. The number of quaternary nitrogens is 1. The average molecular weight is 375 g/mol. The van der Waals surface area contributed by atoms with Gasteiger partial charge >= 0.3 is 0 Å². The van der Waals surface area contributed by atoms with Gasteiger partial charge in [0.05, 0.1) is 27.7 Å². The molecule has 0 fully saturated rings. The largest absolute Gasteiger partial charge is 0.376 e. The van der Waals surface area contributed by atoms with E-state index in [1.807, 2.05) is 6.92 Å². The second kappa shape index (κ2) is 12.4. The summed E-state index contributed by atoms with van der Waals surface area (Å²) in [4.78, 5) is 0. The number of halogens is 3. The predicted molar refractivity (Wildman–Crippen MR) is 70.4 cm³/mol. The lowest BCUT2D eigenvalue weighted by atomic mass is 10.5. The van der Waals surface area contributed by atoms with Gasteiger partial charge < -0.3 is 9.22 Å². The summed E-state index contributed by atoms with van der Waals surface area (Å²) in [6, 6.07) is 0. The van der Waals surface area contributed by atoms with Crippen molar-refractivity contribution in [3.8, 4) is 0 Å². The van der Waals surface area contributed by atoms with Crippen molar-refractivity contribution in [1.29, 1.82) is 0 Å². The number of hydrogen-bond acceptors (Lipinski definition) is 1. The highest BCUT2D eigenvalue weighted by Crippen LogP contribution is 1.88. The van der Waals surface area contributed by atoms with E-state index in [1.54, 1.807) is 0 Å². The minimum absolute atomic E-state index is 0. The van der Waals surface area contributed by atoms with Crippen LogP contribution in [0.2, 0.25) is 0 Å². The summed E-state index contributed by atoms with van der Waals surface area (Å²) in [5.74, 6) is 0. The zero-order chi connectivity index (χ0) is 7.33. The van der Waals surface area contributed by atoms with Gasteiger partial charge in [0.15, 0.2) is 0 Å². The Morgan fingerprint density at radius 1 is 1.00 bits per heavy atom. The van der Waals surface area contributed by atoms with Crippen LogP contribution >= 0.6 is 50.9 Å². The number of nitrogens with zero attached hydrogens (tertiary/aromatic N) is 1. The van der Waals surface area contributed by atoms with E-state index in [1.165, 1.54) is 0 Å². The van der Waals surface area contributed by atoms with Gasteiger partial charge in [0.2, 0.25) is 0 Å². The van der Waals surface area contributed by atoms with Gasteiger partial charge in [-0.05, 0) is 6.92 Å². The van der Waals surface area contributed by atoms with Crippen LogP contribution in [-0.2, 0) is 4.74 Å². The lowest BCUT2D eigenvalue weighted by molar-refractivity contribution is -0.870. The molecule has 0 rings (SSSR count). The summed E-state index contributed by atoms with van der Waals surface area (Å²) in [5, 5.41) is 0. The normalized spacial score (nSPS) is 9.00. The van der Waals surface area contributed by atoms with Gasteiger partial charge in [0.1, 0.15) is 6.54 Å². The smallest absolute Gasteiger partial charge is 0.102 e. The van der Waals surface area contributed by atoms with Crippen molar-refractivity contribution in [3.05, 3.63) is 0 Å². The Morgan fingerprint density at radius 3 is 1.67 bits per heavy atom. The molecule has 0 bridgehead atoms. The van der Waals surface area contributed by atoms with Crippen LogP contribution in [0.25, 0.3) is 0 Å². The molecular weight excluding hydrogens is 354 g/mol. The van der Waals surface area contributed by atoms with Crippen molar-refractivity contribution in [1.82, 2.24) is 0 Å². The fourth-order valence-corrected chi connectivity index (χ4v) is 0.483. The third-order valence-electron chi connectivity index (χ3n) is 1.11. The molecule has 0 aromatic rings. The fraction of sp³-hybridized carbons (Fsp3) is 1.00. The summed E-state index contributed by atoms with van der Waals surface area (Å²) in [7, 11) is 6.50. The van der Waals surface area contributed by atoms with Crippen LogP contribution in [0, 0.1) is 0 Å². The van der Waals surface area contributed by atoms with E-state index < -0.39 is 0 Å². The summed E-state index contributed by atoms with van der Waals surface area (Å²) >= 11 is 0. The third kappa shape index (κ3) is 22.5. The molecule has 0 aliphatic rings. The molecule has 0 saturated carbocycles. The third-order valence-corrected chi connectivity index (χ3v) is 1.11. The predicted octanol–water partition coefficient (Wildman–Crippen LogP) is 2.46. The monoisotopic (exact) mass is 372 g/mol. The molecule has 0 amide bonds. The molecule has 0 spiro atoms. The maximum absolute atomic E-state index is 5.19. The van der Waals surface area contributed by atoms with Crippen molar-refractivity contribution < 1.29 is 9.22 Å². The van der Waals surface area contributed by atoms with Gasteiger partial charge in [-0.25, -0.2) is 0 Å². The van der Waals surface area contributed by atoms with Gasteiger partial charge in [-0.1, -0.05) is 0 Å². The highest BCUT2D eigenvalue weighted by atomic mass is 79.9. The van der Waals surface area contributed by atoms with Crippen LogP contribution in [-0.4, -0.2) is 45.4 Å². The summed E-state index contributed by atoms with van der Waals surface area (Å²) in [6.07, 6.45) is 0. The highest BCUT2D eigenvalue weighted by molar-refractivity contribution is 8.93. The lowest BCUT2D eigenvalue weighted by Gasteiger charge is -2.23. The van der Waals surface area contributed by atoms with E-state index in [0.717, 1.165) is 24.2 Å². The van der Waals surface area contributed by atoms with Crippen molar-refractivity contribution >= 4 is 50.9 Å². The second-order valence-corrected chi connectivity index (χ2v) is 3.21. The Kier molecular flexibility index (Phi) is 24.0. The van der Waals surface area contributed by atoms with E-state index in [0.29, 0.717) is 0 Å². The molecule has 0 heterocycles. The van der Waals surface area contributed by atoms with Gasteiger partial charge in [0.25, 0.3) is 0 Å². The van der Waals surface area contributed by atoms with Crippen molar-refractivity contribution in [2.24, 2.45) is 0 Å². The number of likely N-dealkylation sites (N-methyl/N-ethyl adjacent to an activating group) is 1. The summed E-state index contributed by atoms with van der Waals surface area (Å²) in [6.45, 7) is 4.82. The standard InChI is InChI=1S/C7H18NO.3BrH/c1-5-9-7-6-8(2,3)4;;;/h5-7H2,1-4H3;3*1H/q+1;;;. The van der Waals surface area contributed by atoms with Gasteiger partial charge in [-0.15, -0.1) is 50.9 Å².